The third kappa shape index (κ3) is 3.61. The van der Waals surface area contributed by atoms with Crippen molar-refractivity contribution >= 4 is 15.9 Å². The summed E-state index contributed by atoms with van der Waals surface area (Å²) in [7, 11) is 3.31. The number of halogens is 1. The van der Waals surface area contributed by atoms with Crippen LogP contribution >= 0.6 is 15.9 Å². The molecule has 0 saturated carbocycles. The maximum atomic E-state index is 6.02. The number of methoxy groups -OCH3 is 2. The molecule has 1 aliphatic heterocycles. The van der Waals surface area contributed by atoms with Gasteiger partial charge in [-0.2, -0.15) is 0 Å². The van der Waals surface area contributed by atoms with E-state index in [1.165, 1.54) is 12.0 Å². The number of nitrogens with zero attached hydrogens (tertiary/aromatic N) is 1. The van der Waals surface area contributed by atoms with Crippen LogP contribution in [0.1, 0.15) is 18.4 Å². The topological polar surface area (TPSA) is 47.7 Å². The molecule has 0 bridgehead atoms. The first-order valence-electron chi connectivity index (χ1n) is 6.52. The predicted molar refractivity (Wildman–Crippen MR) is 79.7 cm³/mol. The Hall–Kier alpha value is -0.780. The molecule has 0 spiro atoms. The standard InChI is InChI=1S/C14H21BrN2O2/c1-18-13-6-10(12(15)7-14(13)19-2)8-17-5-3-4-11(16)9-17/h6-7,11H,3-5,8-9,16H2,1-2H3. The molecular formula is C14H21BrN2O2. The number of piperidine rings is 1. The molecule has 0 amide bonds. The Morgan fingerprint density at radius 1 is 1.32 bits per heavy atom. The van der Waals surface area contributed by atoms with Crippen molar-refractivity contribution in [2.24, 2.45) is 5.73 Å². The highest BCUT2D eigenvalue weighted by molar-refractivity contribution is 9.10. The Balaban J connectivity index is 2.15. The van der Waals surface area contributed by atoms with Crippen LogP contribution in [0.5, 0.6) is 11.5 Å². The van der Waals surface area contributed by atoms with Crippen LogP contribution in [-0.2, 0) is 6.54 Å². The van der Waals surface area contributed by atoms with Crippen molar-refractivity contribution in [2.45, 2.75) is 25.4 Å². The van der Waals surface area contributed by atoms with Gasteiger partial charge in [0.25, 0.3) is 0 Å². The molecule has 1 fully saturated rings. The molecule has 4 nitrogen and oxygen atoms in total. The molecular weight excluding hydrogens is 308 g/mol. The van der Waals surface area contributed by atoms with E-state index in [4.69, 9.17) is 15.2 Å². The molecule has 2 rings (SSSR count). The highest BCUT2D eigenvalue weighted by atomic mass is 79.9. The molecule has 1 saturated heterocycles. The Morgan fingerprint density at radius 2 is 2.00 bits per heavy atom. The second kappa shape index (κ2) is 6.59. The Bertz CT molecular complexity index is 440. The zero-order valence-electron chi connectivity index (χ0n) is 11.5. The van der Waals surface area contributed by atoms with E-state index in [-0.39, 0.29) is 0 Å². The Morgan fingerprint density at radius 3 is 2.63 bits per heavy atom. The number of benzene rings is 1. The van der Waals surface area contributed by atoms with E-state index in [9.17, 15) is 0 Å². The third-order valence-electron chi connectivity index (χ3n) is 3.49. The molecule has 1 atom stereocenters. The van der Waals surface area contributed by atoms with Crippen LogP contribution in [0.2, 0.25) is 0 Å². The molecule has 1 aromatic carbocycles. The fourth-order valence-electron chi connectivity index (χ4n) is 2.49. The van der Waals surface area contributed by atoms with Gasteiger partial charge >= 0.3 is 0 Å². The van der Waals surface area contributed by atoms with Gasteiger partial charge < -0.3 is 15.2 Å². The van der Waals surface area contributed by atoms with E-state index in [2.05, 4.69) is 20.8 Å². The fraction of sp³-hybridized carbons (Fsp3) is 0.571. The lowest BCUT2D eigenvalue weighted by Crippen LogP contribution is -2.42. The van der Waals surface area contributed by atoms with Crippen molar-refractivity contribution < 1.29 is 9.47 Å². The lowest BCUT2D eigenvalue weighted by Gasteiger charge is -2.31. The van der Waals surface area contributed by atoms with Gasteiger partial charge in [-0.3, -0.25) is 4.90 Å². The van der Waals surface area contributed by atoms with E-state index >= 15 is 0 Å². The fourth-order valence-corrected chi connectivity index (χ4v) is 2.94. The predicted octanol–water partition coefficient (Wildman–Crippen LogP) is 2.39. The van der Waals surface area contributed by atoms with Crippen LogP contribution in [0.3, 0.4) is 0 Å². The minimum Gasteiger partial charge on any atom is -0.493 e. The number of hydrogen-bond acceptors (Lipinski definition) is 4. The molecule has 19 heavy (non-hydrogen) atoms. The summed E-state index contributed by atoms with van der Waals surface area (Å²) < 4.78 is 11.7. The van der Waals surface area contributed by atoms with Crippen LogP contribution < -0.4 is 15.2 Å². The largest absolute Gasteiger partial charge is 0.493 e. The highest BCUT2D eigenvalue weighted by Gasteiger charge is 2.18. The first kappa shape index (κ1) is 14.6. The monoisotopic (exact) mass is 328 g/mol. The van der Waals surface area contributed by atoms with Gasteiger partial charge in [-0.05, 0) is 37.1 Å². The molecule has 1 aliphatic rings. The van der Waals surface area contributed by atoms with E-state index in [1.54, 1.807) is 14.2 Å². The quantitative estimate of drug-likeness (QED) is 0.921. The van der Waals surface area contributed by atoms with Gasteiger partial charge in [0.2, 0.25) is 0 Å². The summed E-state index contributed by atoms with van der Waals surface area (Å²) in [5.41, 5.74) is 7.22. The van der Waals surface area contributed by atoms with E-state index in [0.29, 0.717) is 6.04 Å². The molecule has 1 aromatic rings. The Kier molecular flexibility index (Phi) is 5.07. The summed E-state index contributed by atoms with van der Waals surface area (Å²) in [5.74, 6) is 1.51. The van der Waals surface area contributed by atoms with Crippen LogP contribution in [-0.4, -0.2) is 38.3 Å². The summed E-state index contributed by atoms with van der Waals surface area (Å²) >= 11 is 3.60. The zero-order chi connectivity index (χ0) is 13.8. The van der Waals surface area contributed by atoms with E-state index in [0.717, 1.165) is 42.0 Å². The summed E-state index contributed by atoms with van der Waals surface area (Å²) in [6, 6.07) is 4.29. The third-order valence-corrected chi connectivity index (χ3v) is 4.23. The second-order valence-electron chi connectivity index (χ2n) is 4.94. The maximum absolute atomic E-state index is 6.02. The first-order chi connectivity index (χ1) is 9.13. The molecule has 5 heteroatoms. The van der Waals surface area contributed by atoms with Crippen molar-refractivity contribution in [2.75, 3.05) is 27.3 Å². The van der Waals surface area contributed by atoms with Crippen molar-refractivity contribution in [3.8, 4) is 11.5 Å². The molecule has 2 N–H and O–H groups in total. The number of nitrogens with two attached hydrogens (primary N) is 1. The smallest absolute Gasteiger partial charge is 0.161 e. The normalized spacial score (nSPS) is 20.3. The van der Waals surface area contributed by atoms with Gasteiger partial charge in [0.1, 0.15) is 0 Å². The summed E-state index contributed by atoms with van der Waals surface area (Å²) in [6.45, 7) is 2.95. The van der Waals surface area contributed by atoms with Gasteiger partial charge in [-0.25, -0.2) is 0 Å². The van der Waals surface area contributed by atoms with Crippen molar-refractivity contribution in [1.82, 2.24) is 4.90 Å². The van der Waals surface area contributed by atoms with Crippen LogP contribution in [0.15, 0.2) is 16.6 Å². The van der Waals surface area contributed by atoms with Gasteiger partial charge in [-0.15, -0.1) is 0 Å². The number of ether oxygens (including phenoxy) is 2. The van der Waals surface area contributed by atoms with Crippen LogP contribution in [0.25, 0.3) is 0 Å². The first-order valence-corrected chi connectivity index (χ1v) is 7.31. The van der Waals surface area contributed by atoms with Gasteiger partial charge in [-0.1, -0.05) is 15.9 Å². The minimum absolute atomic E-state index is 0.299. The molecule has 1 heterocycles. The lowest BCUT2D eigenvalue weighted by atomic mass is 10.1. The molecule has 1 unspecified atom stereocenters. The molecule has 0 aromatic heterocycles. The van der Waals surface area contributed by atoms with E-state index in [1.807, 2.05) is 12.1 Å². The van der Waals surface area contributed by atoms with Gasteiger partial charge in [0.15, 0.2) is 11.5 Å². The average molecular weight is 329 g/mol. The lowest BCUT2D eigenvalue weighted by molar-refractivity contribution is 0.201. The molecule has 106 valence electrons. The summed E-state index contributed by atoms with van der Waals surface area (Å²) in [6.07, 6.45) is 2.30. The molecule has 0 radical (unpaired) electrons. The average Bonchev–Trinajstić information content (AvgIpc) is 2.40. The second-order valence-corrected chi connectivity index (χ2v) is 5.79. The van der Waals surface area contributed by atoms with Crippen LogP contribution in [0.4, 0.5) is 0 Å². The highest BCUT2D eigenvalue weighted by Crippen LogP contribution is 2.34. The summed E-state index contributed by atoms with van der Waals surface area (Å²) in [4.78, 5) is 2.39. The molecule has 0 aliphatic carbocycles. The van der Waals surface area contributed by atoms with Crippen LogP contribution in [0, 0.1) is 0 Å². The van der Waals surface area contributed by atoms with Crippen molar-refractivity contribution in [3.63, 3.8) is 0 Å². The number of rotatable bonds is 4. The maximum Gasteiger partial charge on any atom is 0.161 e. The Labute approximate surface area is 123 Å². The summed E-state index contributed by atoms with van der Waals surface area (Å²) in [5, 5.41) is 0. The van der Waals surface area contributed by atoms with Gasteiger partial charge in [0.05, 0.1) is 14.2 Å². The van der Waals surface area contributed by atoms with Crippen molar-refractivity contribution in [3.05, 3.63) is 22.2 Å². The zero-order valence-corrected chi connectivity index (χ0v) is 13.1. The number of hydrogen-bond donors (Lipinski definition) is 1. The minimum atomic E-state index is 0.299. The number of likely N-dealkylation sites (tertiary alicyclic amines) is 1. The van der Waals surface area contributed by atoms with Crippen molar-refractivity contribution in [1.29, 1.82) is 0 Å². The van der Waals surface area contributed by atoms with Gasteiger partial charge in [0, 0.05) is 23.6 Å². The SMILES string of the molecule is COc1cc(Br)c(CN2CCCC(N)C2)cc1OC. The van der Waals surface area contributed by atoms with E-state index < -0.39 is 0 Å².